The van der Waals surface area contributed by atoms with Crippen LogP contribution in [0, 0.1) is 0 Å². The third kappa shape index (κ3) is 2.65. The van der Waals surface area contributed by atoms with E-state index in [-0.39, 0.29) is 0 Å². The summed E-state index contributed by atoms with van der Waals surface area (Å²) in [6.45, 7) is 0. The molecule has 1 saturated carbocycles. The summed E-state index contributed by atoms with van der Waals surface area (Å²) in [6.07, 6.45) is -1.84. The fraction of sp³-hybridized carbons (Fsp3) is 0.250. The van der Waals surface area contributed by atoms with Crippen molar-refractivity contribution in [1.82, 2.24) is 0 Å². The van der Waals surface area contributed by atoms with Gasteiger partial charge in [0.25, 0.3) is 0 Å². The quantitative estimate of drug-likeness (QED) is 0.693. The Hall–Kier alpha value is -1.77. The van der Waals surface area contributed by atoms with E-state index < -0.39 is 11.7 Å². The van der Waals surface area contributed by atoms with Crippen molar-refractivity contribution in [2.24, 2.45) is 0 Å². The van der Waals surface area contributed by atoms with Crippen LogP contribution in [0.5, 0.6) is 0 Å². The lowest BCUT2D eigenvalue weighted by atomic mass is 10.0. The molecule has 2 aromatic carbocycles. The minimum atomic E-state index is -4.29. The highest BCUT2D eigenvalue weighted by Crippen LogP contribution is 2.40. The Morgan fingerprint density at radius 1 is 0.842 bits per heavy atom. The zero-order valence-electron chi connectivity index (χ0n) is 10.2. The van der Waals surface area contributed by atoms with Gasteiger partial charge in [0.1, 0.15) is 0 Å². The zero-order chi connectivity index (χ0) is 13.5. The van der Waals surface area contributed by atoms with E-state index in [1.54, 1.807) is 6.07 Å². The van der Waals surface area contributed by atoms with E-state index in [1.165, 1.54) is 30.5 Å². The van der Waals surface area contributed by atoms with Crippen LogP contribution in [0.4, 0.5) is 13.2 Å². The van der Waals surface area contributed by atoms with E-state index in [4.69, 9.17) is 0 Å². The van der Waals surface area contributed by atoms with Crippen LogP contribution in [0.3, 0.4) is 0 Å². The van der Waals surface area contributed by atoms with Crippen LogP contribution in [0.15, 0.2) is 48.5 Å². The summed E-state index contributed by atoms with van der Waals surface area (Å²) < 4.78 is 38.0. The molecular weight excluding hydrogens is 249 g/mol. The van der Waals surface area contributed by atoms with E-state index in [0.29, 0.717) is 11.5 Å². The molecular formula is C16H13F3. The largest absolute Gasteiger partial charge is 0.416 e. The van der Waals surface area contributed by atoms with Gasteiger partial charge >= 0.3 is 6.18 Å². The minimum absolute atomic E-state index is 0.601. The van der Waals surface area contributed by atoms with Gasteiger partial charge in [0.15, 0.2) is 0 Å². The van der Waals surface area contributed by atoms with Gasteiger partial charge in [-0.15, -0.1) is 0 Å². The van der Waals surface area contributed by atoms with Gasteiger partial charge in [-0.2, -0.15) is 13.2 Å². The van der Waals surface area contributed by atoms with E-state index in [2.05, 4.69) is 0 Å². The predicted octanol–water partition coefficient (Wildman–Crippen LogP) is 5.25. The first-order valence-corrected chi connectivity index (χ1v) is 6.31. The van der Waals surface area contributed by atoms with Crippen molar-refractivity contribution < 1.29 is 13.2 Å². The van der Waals surface area contributed by atoms with Crippen LogP contribution >= 0.6 is 0 Å². The lowest BCUT2D eigenvalue weighted by molar-refractivity contribution is -0.137. The van der Waals surface area contributed by atoms with Gasteiger partial charge < -0.3 is 0 Å². The van der Waals surface area contributed by atoms with Gasteiger partial charge in [0.05, 0.1) is 5.56 Å². The fourth-order valence-electron chi connectivity index (χ4n) is 2.24. The first-order chi connectivity index (χ1) is 9.04. The maximum absolute atomic E-state index is 12.7. The number of rotatable bonds is 2. The third-order valence-corrected chi connectivity index (χ3v) is 3.48. The highest BCUT2D eigenvalue weighted by molar-refractivity contribution is 5.64. The molecule has 0 spiro atoms. The van der Waals surface area contributed by atoms with Crippen LogP contribution in [0.2, 0.25) is 0 Å². The maximum atomic E-state index is 12.7. The Bertz CT molecular complexity index is 578. The Balaban J connectivity index is 1.92. The molecule has 0 aliphatic heterocycles. The van der Waals surface area contributed by atoms with Gasteiger partial charge in [0.2, 0.25) is 0 Å². The van der Waals surface area contributed by atoms with Gasteiger partial charge in [0, 0.05) is 0 Å². The molecule has 1 aliphatic carbocycles. The Kier molecular flexibility index (Phi) is 2.85. The second-order valence-corrected chi connectivity index (χ2v) is 4.97. The Morgan fingerprint density at radius 2 is 1.53 bits per heavy atom. The molecule has 19 heavy (non-hydrogen) atoms. The second kappa shape index (κ2) is 4.41. The van der Waals surface area contributed by atoms with Crippen molar-refractivity contribution in [3.8, 4) is 11.1 Å². The average molecular weight is 262 g/mol. The summed E-state index contributed by atoms with van der Waals surface area (Å²) in [5.41, 5.74) is 2.12. The third-order valence-electron chi connectivity index (χ3n) is 3.48. The molecule has 0 heterocycles. The molecule has 0 amide bonds. The average Bonchev–Trinajstić information content (AvgIpc) is 3.22. The maximum Gasteiger partial charge on any atom is 0.416 e. The molecule has 0 saturated heterocycles. The molecule has 3 heteroatoms. The summed E-state index contributed by atoms with van der Waals surface area (Å²) in [5, 5.41) is 0. The standard InChI is InChI=1S/C16H13F3/c17-16(18,19)15-3-1-2-14(10-15)13-8-6-12(7-9-13)11-4-5-11/h1-3,6-11H,4-5H2. The summed E-state index contributed by atoms with van der Waals surface area (Å²) in [6, 6.07) is 13.3. The van der Waals surface area contributed by atoms with Crippen molar-refractivity contribution in [2.75, 3.05) is 0 Å². The predicted molar refractivity (Wildman–Crippen MR) is 68.9 cm³/mol. The van der Waals surface area contributed by atoms with Crippen molar-refractivity contribution >= 4 is 0 Å². The number of benzene rings is 2. The van der Waals surface area contributed by atoms with Crippen molar-refractivity contribution in [1.29, 1.82) is 0 Å². The summed E-state index contributed by atoms with van der Waals surface area (Å²) in [7, 11) is 0. The molecule has 3 rings (SSSR count). The van der Waals surface area contributed by atoms with E-state index in [0.717, 1.165) is 11.6 Å². The van der Waals surface area contributed by atoms with Gasteiger partial charge in [-0.1, -0.05) is 36.4 Å². The van der Waals surface area contributed by atoms with Crippen molar-refractivity contribution in [2.45, 2.75) is 24.9 Å². The van der Waals surface area contributed by atoms with Crippen LogP contribution in [0.1, 0.15) is 29.9 Å². The Labute approximate surface area is 109 Å². The van der Waals surface area contributed by atoms with Crippen LogP contribution < -0.4 is 0 Å². The highest BCUT2D eigenvalue weighted by Gasteiger charge is 2.30. The molecule has 1 fully saturated rings. The van der Waals surface area contributed by atoms with Gasteiger partial charge in [-0.25, -0.2) is 0 Å². The number of alkyl halides is 3. The summed E-state index contributed by atoms with van der Waals surface area (Å²) >= 11 is 0. The molecule has 0 atom stereocenters. The van der Waals surface area contributed by atoms with Gasteiger partial charge in [-0.3, -0.25) is 0 Å². The second-order valence-electron chi connectivity index (χ2n) is 4.97. The van der Waals surface area contributed by atoms with Crippen LogP contribution in [-0.2, 0) is 6.18 Å². The van der Waals surface area contributed by atoms with Gasteiger partial charge in [-0.05, 0) is 47.6 Å². The molecule has 0 unspecified atom stereocenters. The first kappa shape index (κ1) is 12.3. The van der Waals surface area contributed by atoms with Crippen molar-refractivity contribution in [3.63, 3.8) is 0 Å². The first-order valence-electron chi connectivity index (χ1n) is 6.31. The Morgan fingerprint density at radius 3 is 2.11 bits per heavy atom. The zero-order valence-corrected chi connectivity index (χ0v) is 10.2. The molecule has 0 bridgehead atoms. The number of hydrogen-bond acceptors (Lipinski definition) is 0. The molecule has 1 aliphatic rings. The van der Waals surface area contributed by atoms with E-state index in [9.17, 15) is 13.2 Å². The molecule has 0 N–H and O–H groups in total. The smallest absolute Gasteiger partial charge is 0.166 e. The molecule has 0 aromatic heterocycles. The minimum Gasteiger partial charge on any atom is -0.166 e. The van der Waals surface area contributed by atoms with Crippen LogP contribution in [0.25, 0.3) is 11.1 Å². The molecule has 0 nitrogen and oxygen atoms in total. The molecule has 0 radical (unpaired) electrons. The number of hydrogen-bond donors (Lipinski definition) is 0. The highest BCUT2D eigenvalue weighted by atomic mass is 19.4. The summed E-state index contributed by atoms with van der Waals surface area (Å²) in [5.74, 6) is 0.663. The molecule has 2 aromatic rings. The lowest BCUT2D eigenvalue weighted by Crippen LogP contribution is -2.04. The monoisotopic (exact) mass is 262 g/mol. The number of halogens is 3. The van der Waals surface area contributed by atoms with E-state index >= 15 is 0 Å². The fourth-order valence-corrected chi connectivity index (χ4v) is 2.24. The molecule has 98 valence electrons. The van der Waals surface area contributed by atoms with E-state index in [1.807, 2.05) is 24.3 Å². The lowest BCUT2D eigenvalue weighted by Gasteiger charge is -2.09. The van der Waals surface area contributed by atoms with Crippen LogP contribution in [-0.4, -0.2) is 0 Å². The summed E-state index contributed by atoms with van der Waals surface area (Å²) in [4.78, 5) is 0. The topological polar surface area (TPSA) is 0 Å². The van der Waals surface area contributed by atoms with Crippen molar-refractivity contribution in [3.05, 3.63) is 59.7 Å². The normalized spacial score (nSPS) is 15.5. The SMILES string of the molecule is FC(F)(F)c1cccc(-c2ccc(C3CC3)cc2)c1.